The molecule has 0 radical (unpaired) electrons. The summed E-state index contributed by atoms with van der Waals surface area (Å²) in [5.74, 6) is 0.713. The predicted octanol–water partition coefficient (Wildman–Crippen LogP) is 4.18. The first-order valence-corrected chi connectivity index (χ1v) is 6.94. The molecule has 0 heterocycles. The number of rotatable bonds is 4. The molecule has 0 amide bonds. The number of ketones is 1. The third kappa shape index (κ3) is 2.71. The van der Waals surface area contributed by atoms with Gasteiger partial charge < -0.3 is 0 Å². The summed E-state index contributed by atoms with van der Waals surface area (Å²) in [5.41, 5.74) is 3.75. The first-order valence-electron chi connectivity index (χ1n) is 6.56. The van der Waals surface area contributed by atoms with Gasteiger partial charge in [0.1, 0.15) is 5.78 Å². The monoisotopic (exact) mass is 270 g/mol. The van der Waals surface area contributed by atoms with Crippen LogP contribution in [0.5, 0.6) is 0 Å². The van der Waals surface area contributed by atoms with Crippen molar-refractivity contribution in [3.63, 3.8) is 0 Å². The maximum Gasteiger partial charge on any atom is 0.137 e. The molecule has 0 saturated heterocycles. The minimum Gasteiger partial charge on any atom is -0.299 e. The molecule has 0 bridgehead atoms. The summed E-state index contributed by atoms with van der Waals surface area (Å²) in [6.45, 7) is 0. The smallest absolute Gasteiger partial charge is 0.137 e. The Morgan fingerprint density at radius 2 is 2.00 bits per heavy atom. The molecule has 0 saturated carbocycles. The van der Waals surface area contributed by atoms with Crippen LogP contribution in [0.25, 0.3) is 0 Å². The van der Waals surface area contributed by atoms with Gasteiger partial charge in [-0.2, -0.15) is 0 Å². The van der Waals surface area contributed by atoms with Gasteiger partial charge in [0.15, 0.2) is 0 Å². The van der Waals surface area contributed by atoms with Crippen LogP contribution in [0, 0.1) is 0 Å². The fraction of sp³-hybridized carbons (Fsp3) is 0.235. The Labute approximate surface area is 118 Å². The first kappa shape index (κ1) is 12.4. The number of fused-ring (bicyclic) bond motifs is 1. The van der Waals surface area contributed by atoms with Crippen LogP contribution in [-0.2, 0) is 17.6 Å². The second kappa shape index (κ2) is 5.18. The maximum absolute atomic E-state index is 12.1. The zero-order chi connectivity index (χ0) is 13.2. The van der Waals surface area contributed by atoms with Crippen molar-refractivity contribution in [3.05, 3.63) is 70.2 Å². The molecule has 2 aromatic carbocycles. The number of carbonyl (C=O) groups excluding carboxylic acids is 1. The van der Waals surface area contributed by atoms with Crippen molar-refractivity contribution in [2.75, 3.05) is 0 Å². The van der Waals surface area contributed by atoms with Gasteiger partial charge in [0.25, 0.3) is 0 Å². The van der Waals surface area contributed by atoms with Crippen LogP contribution in [0.3, 0.4) is 0 Å². The molecule has 2 heteroatoms. The van der Waals surface area contributed by atoms with Crippen molar-refractivity contribution in [2.24, 2.45) is 0 Å². The number of hydrogen-bond donors (Lipinski definition) is 0. The fourth-order valence-electron chi connectivity index (χ4n) is 2.77. The van der Waals surface area contributed by atoms with Gasteiger partial charge in [-0.3, -0.25) is 4.79 Å². The molecule has 0 N–H and O–H groups in total. The molecule has 96 valence electrons. The summed E-state index contributed by atoms with van der Waals surface area (Å²) in [5, 5.41) is 0.694. The van der Waals surface area contributed by atoms with Gasteiger partial charge >= 0.3 is 0 Å². The third-order valence-corrected chi connectivity index (χ3v) is 3.96. The summed E-state index contributed by atoms with van der Waals surface area (Å²) < 4.78 is 0. The van der Waals surface area contributed by atoms with Gasteiger partial charge in [0.05, 0.1) is 0 Å². The summed E-state index contributed by atoms with van der Waals surface area (Å²) >= 11 is 5.93. The van der Waals surface area contributed by atoms with E-state index in [1.165, 1.54) is 11.1 Å². The Morgan fingerprint density at radius 1 is 1.16 bits per heavy atom. The van der Waals surface area contributed by atoms with E-state index in [0.29, 0.717) is 29.6 Å². The molecule has 1 nitrogen and oxygen atoms in total. The highest BCUT2D eigenvalue weighted by Gasteiger charge is 2.27. The lowest BCUT2D eigenvalue weighted by Crippen LogP contribution is -2.20. The number of Topliss-reactive ketones (excluding diaryl/α,β-unsaturated/α-hetero) is 1. The van der Waals surface area contributed by atoms with E-state index < -0.39 is 0 Å². The molecule has 1 aliphatic rings. The van der Waals surface area contributed by atoms with Gasteiger partial charge in [0.2, 0.25) is 0 Å². The highest BCUT2D eigenvalue weighted by Crippen LogP contribution is 2.37. The third-order valence-electron chi connectivity index (χ3n) is 3.73. The van der Waals surface area contributed by atoms with Crippen LogP contribution in [0.15, 0.2) is 48.5 Å². The van der Waals surface area contributed by atoms with E-state index in [4.69, 9.17) is 11.6 Å². The molecular weight excluding hydrogens is 256 g/mol. The van der Waals surface area contributed by atoms with Gasteiger partial charge in [-0.05, 0) is 41.2 Å². The molecule has 1 unspecified atom stereocenters. The van der Waals surface area contributed by atoms with Gasteiger partial charge in [0, 0.05) is 17.9 Å². The minimum atomic E-state index is 0.293. The molecular formula is C17H15ClO. The quantitative estimate of drug-likeness (QED) is 0.814. The molecule has 0 aliphatic heterocycles. The maximum atomic E-state index is 12.1. The molecule has 0 spiro atoms. The molecule has 3 rings (SSSR count). The highest BCUT2D eigenvalue weighted by atomic mass is 35.5. The average Bonchev–Trinajstić information content (AvgIpc) is 2.36. The van der Waals surface area contributed by atoms with Crippen molar-refractivity contribution in [3.8, 4) is 0 Å². The standard InChI is InChI=1S/C17H15ClO/c18-15-6-3-4-12(8-15)9-16(19)11-14-10-13-5-1-2-7-17(13)14/h1-8,14H,9-11H2. The summed E-state index contributed by atoms with van der Waals surface area (Å²) in [4.78, 5) is 12.1. The molecule has 1 aliphatic carbocycles. The average molecular weight is 271 g/mol. The lowest BCUT2D eigenvalue weighted by atomic mass is 9.75. The van der Waals surface area contributed by atoms with Crippen LogP contribution in [0.2, 0.25) is 5.02 Å². The van der Waals surface area contributed by atoms with E-state index in [-0.39, 0.29) is 0 Å². The Hall–Kier alpha value is -1.60. The SMILES string of the molecule is O=C(Cc1cccc(Cl)c1)CC1Cc2ccccc21. The normalized spacial score (nSPS) is 16.6. The second-order valence-electron chi connectivity index (χ2n) is 5.15. The number of hydrogen-bond acceptors (Lipinski definition) is 1. The summed E-state index contributed by atoms with van der Waals surface area (Å²) in [6, 6.07) is 15.9. The van der Waals surface area contributed by atoms with E-state index >= 15 is 0 Å². The first-order chi connectivity index (χ1) is 9.22. The van der Waals surface area contributed by atoms with Crippen molar-refractivity contribution in [2.45, 2.75) is 25.2 Å². The van der Waals surface area contributed by atoms with Crippen molar-refractivity contribution < 1.29 is 4.79 Å². The van der Waals surface area contributed by atoms with Crippen molar-refractivity contribution in [1.82, 2.24) is 0 Å². The van der Waals surface area contributed by atoms with Gasteiger partial charge in [-0.15, -0.1) is 0 Å². The van der Waals surface area contributed by atoms with Crippen molar-refractivity contribution >= 4 is 17.4 Å². The van der Waals surface area contributed by atoms with E-state index in [9.17, 15) is 4.79 Å². The minimum absolute atomic E-state index is 0.293. The Kier molecular flexibility index (Phi) is 3.39. The number of carbonyl (C=O) groups is 1. The van der Waals surface area contributed by atoms with Crippen LogP contribution >= 0.6 is 11.6 Å². The predicted molar refractivity (Wildman–Crippen MR) is 77.7 cm³/mol. The van der Waals surface area contributed by atoms with E-state index in [0.717, 1.165) is 12.0 Å². The van der Waals surface area contributed by atoms with E-state index in [2.05, 4.69) is 18.2 Å². The summed E-state index contributed by atoms with van der Waals surface area (Å²) in [7, 11) is 0. The van der Waals surface area contributed by atoms with Crippen LogP contribution in [-0.4, -0.2) is 5.78 Å². The zero-order valence-corrected chi connectivity index (χ0v) is 11.4. The lowest BCUT2D eigenvalue weighted by molar-refractivity contribution is -0.118. The molecule has 0 fully saturated rings. The zero-order valence-electron chi connectivity index (χ0n) is 10.6. The largest absolute Gasteiger partial charge is 0.299 e. The molecule has 1 atom stereocenters. The van der Waals surface area contributed by atoms with Crippen LogP contribution < -0.4 is 0 Å². The second-order valence-corrected chi connectivity index (χ2v) is 5.59. The fourth-order valence-corrected chi connectivity index (χ4v) is 2.98. The van der Waals surface area contributed by atoms with Gasteiger partial charge in [-0.25, -0.2) is 0 Å². The van der Waals surface area contributed by atoms with Crippen LogP contribution in [0.1, 0.15) is 29.0 Å². The van der Waals surface area contributed by atoms with Gasteiger partial charge in [-0.1, -0.05) is 48.0 Å². The Balaban J connectivity index is 1.62. The molecule has 19 heavy (non-hydrogen) atoms. The number of halogens is 1. The lowest BCUT2D eigenvalue weighted by Gasteiger charge is -2.29. The summed E-state index contributed by atoms with van der Waals surface area (Å²) in [6.07, 6.45) is 2.17. The molecule has 2 aromatic rings. The molecule has 0 aromatic heterocycles. The van der Waals surface area contributed by atoms with Crippen molar-refractivity contribution in [1.29, 1.82) is 0 Å². The number of benzene rings is 2. The van der Waals surface area contributed by atoms with E-state index in [1.54, 1.807) is 0 Å². The highest BCUT2D eigenvalue weighted by molar-refractivity contribution is 6.30. The topological polar surface area (TPSA) is 17.1 Å². The Morgan fingerprint density at radius 3 is 2.79 bits per heavy atom. The Bertz CT molecular complexity index is 618. The van der Waals surface area contributed by atoms with Crippen LogP contribution in [0.4, 0.5) is 0 Å². The van der Waals surface area contributed by atoms with E-state index in [1.807, 2.05) is 30.3 Å².